The van der Waals surface area contributed by atoms with Gasteiger partial charge in [0.25, 0.3) is 0 Å². The Morgan fingerprint density at radius 3 is 2.33 bits per heavy atom. The number of nitrogens with one attached hydrogen (secondary N) is 1. The number of rotatable bonds is 5. The highest BCUT2D eigenvalue weighted by Gasteiger charge is 2.10. The number of anilines is 1. The molecule has 0 spiro atoms. The van der Waals surface area contributed by atoms with Gasteiger partial charge in [-0.15, -0.1) is 0 Å². The molecule has 2 N–H and O–H groups in total. The lowest BCUT2D eigenvalue weighted by Gasteiger charge is -2.18. The predicted molar refractivity (Wildman–Crippen MR) is 84.4 cm³/mol. The summed E-state index contributed by atoms with van der Waals surface area (Å²) in [6.07, 6.45) is 0. The van der Waals surface area contributed by atoms with Gasteiger partial charge in [0, 0.05) is 11.7 Å². The number of phenols is 1. The summed E-state index contributed by atoms with van der Waals surface area (Å²) in [5, 5.41) is 13.1. The monoisotopic (exact) mass is 287 g/mol. The van der Waals surface area contributed by atoms with Crippen molar-refractivity contribution < 1.29 is 14.6 Å². The second kappa shape index (κ2) is 6.39. The van der Waals surface area contributed by atoms with Crippen molar-refractivity contribution in [1.82, 2.24) is 0 Å². The maximum absolute atomic E-state index is 9.64. The molecular formula is C17H21NO3. The lowest BCUT2D eigenvalue weighted by atomic mass is 10.1. The third-order valence-corrected chi connectivity index (χ3v) is 3.48. The summed E-state index contributed by atoms with van der Waals surface area (Å²) in [5.41, 5.74) is 3.14. The molecule has 0 amide bonds. The molecule has 21 heavy (non-hydrogen) atoms. The predicted octanol–water partition coefficient (Wildman–Crippen LogP) is 3.89. The lowest BCUT2D eigenvalue weighted by molar-refractivity contribution is 0.373. The Balaban J connectivity index is 2.17. The van der Waals surface area contributed by atoms with Gasteiger partial charge in [0.1, 0.15) is 5.75 Å². The molecular weight excluding hydrogens is 266 g/mol. The molecule has 0 radical (unpaired) electrons. The van der Waals surface area contributed by atoms with Crippen LogP contribution in [0.5, 0.6) is 17.2 Å². The summed E-state index contributed by atoms with van der Waals surface area (Å²) in [7, 11) is 3.21. The zero-order valence-electron chi connectivity index (χ0n) is 12.8. The molecule has 1 unspecified atom stereocenters. The van der Waals surface area contributed by atoms with Crippen LogP contribution in [-0.4, -0.2) is 19.3 Å². The van der Waals surface area contributed by atoms with Crippen molar-refractivity contribution in [3.05, 3.63) is 47.5 Å². The molecule has 0 aromatic heterocycles. The molecule has 1 atom stereocenters. The first-order chi connectivity index (χ1) is 10.0. The molecule has 0 aliphatic carbocycles. The minimum absolute atomic E-state index is 0.0901. The van der Waals surface area contributed by atoms with E-state index in [0.29, 0.717) is 5.75 Å². The normalized spacial score (nSPS) is 11.8. The Morgan fingerprint density at radius 1 is 1.00 bits per heavy atom. The van der Waals surface area contributed by atoms with Crippen molar-refractivity contribution >= 4 is 5.69 Å². The summed E-state index contributed by atoms with van der Waals surface area (Å²) in [4.78, 5) is 0. The van der Waals surface area contributed by atoms with E-state index in [9.17, 15) is 5.11 Å². The largest absolute Gasteiger partial charge is 0.504 e. The van der Waals surface area contributed by atoms with E-state index in [1.54, 1.807) is 20.3 Å². The van der Waals surface area contributed by atoms with Crippen molar-refractivity contribution in [2.75, 3.05) is 19.5 Å². The lowest BCUT2D eigenvalue weighted by Crippen LogP contribution is -2.07. The summed E-state index contributed by atoms with van der Waals surface area (Å²) in [6, 6.07) is 11.4. The molecule has 0 saturated heterocycles. The van der Waals surface area contributed by atoms with Crippen LogP contribution in [0.15, 0.2) is 36.4 Å². The summed E-state index contributed by atoms with van der Waals surface area (Å²) >= 11 is 0. The maximum Gasteiger partial charge on any atom is 0.160 e. The molecule has 0 saturated carbocycles. The average Bonchev–Trinajstić information content (AvgIpc) is 2.48. The van der Waals surface area contributed by atoms with Gasteiger partial charge in [0.2, 0.25) is 0 Å². The summed E-state index contributed by atoms with van der Waals surface area (Å²) < 4.78 is 10.4. The Kier molecular flexibility index (Phi) is 4.58. The number of aromatic hydroxyl groups is 1. The third kappa shape index (κ3) is 3.40. The molecule has 4 heteroatoms. The summed E-state index contributed by atoms with van der Waals surface area (Å²) in [5.74, 6) is 1.50. The molecule has 2 aromatic rings. The maximum atomic E-state index is 9.64. The van der Waals surface area contributed by atoms with E-state index in [-0.39, 0.29) is 11.8 Å². The van der Waals surface area contributed by atoms with Gasteiger partial charge in [-0.05, 0) is 55.3 Å². The van der Waals surface area contributed by atoms with Gasteiger partial charge in [-0.1, -0.05) is 6.07 Å². The number of hydrogen-bond acceptors (Lipinski definition) is 4. The highest BCUT2D eigenvalue weighted by atomic mass is 16.5. The van der Waals surface area contributed by atoms with Gasteiger partial charge >= 0.3 is 0 Å². The van der Waals surface area contributed by atoms with E-state index in [2.05, 4.69) is 12.2 Å². The minimum Gasteiger partial charge on any atom is -0.504 e. The van der Waals surface area contributed by atoms with Gasteiger partial charge in [-0.3, -0.25) is 0 Å². The second-order valence-electron chi connectivity index (χ2n) is 4.98. The van der Waals surface area contributed by atoms with Crippen molar-refractivity contribution in [1.29, 1.82) is 0 Å². The van der Waals surface area contributed by atoms with Crippen molar-refractivity contribution in [2.45, 2.75) is 19.9 Å². The van der Waals surface area contributed by atoms with Crippen LogP contribution in [0.1, 0.15) is 24.1 Å². The molecule has 4 nitrogen and oxygen atoms in total. The molecule has 0 fully saturated rings. The van der Waals surface area contributed by atoms with E-state index in [1.807, 2.05) is 37.3 Å². The van der Waals surface area contributed by atoms with Crippen LogP contribution in [0.4, 0.5) is 5.69 Å². The van der Waals surface area contributed by atoms with E-state index in [1.165, 1.54) is 0 Å². The number of benzene rings is 2. The van der Waals surface area contributed by atoms with Gasteiger partial charge in [0.05, 0.1) is 14.2 Å². The van der Waals surface area contributed by atoms with Crippen LogP contribution in [0.3, 0.4) is 0 Å². The standard InChI is InChI=1S/C17H21NO3/c1-11-9-14(6-8-16(11)20-3)18-12(2)13-5-7-15(19)17(10-13)21-4/h5-10,12,18-19H,1-4H3. The molecule has 0 aliphatic rings. The highest BCUT2D eigenvalue weighted by molar-refractivity contribution is 5.53. The molecule has 112 valence electrons. The molecule has 0 heterocycles. The second-order valence-corrected chi connectivity index (χ2v) is 4.98. The van der Waals surface area contributed by atoms with Crippen LogP contribution in [0, 0.1) is 6.92 Å². The van der Waals surface area contributed by atoms with Crippen LogP contribution < -0.4 is 14.8 Å². The molecule has 2 rings (SSSR count). The average molecular weight is 287 g/mol. The van der Waals surface area contributed by atoms with E-state index in [4.69, 9.17) is 9.47 Å². The summed E-state index contributed by atoms with van der Waals surface area (Å²) in [6.45, 7) is 4.07. The smallest absolute Gasteiger partial charge is 0.160 e. The SMILES string of the molecule is COc1ccc(NC(C)c2ccc(O)c(OC)c2)cc1C. The quantitative estimate of drug-likeness (QED) is 0.876. The number of hydrogen-bond donors (Lipinski definition) is 2. The first kappa shape index (κ1) is 15.0. The van der Waals surface area contributed by atoms with Crippen molar-refractivity contribution in [2.24, 2.45) is 0 Å². The number of aryl methyl sites for hydroxylation is 1. The van der Waals surface area contributed by atoms with Crippen LogP contribution in [-0.2, 0) is 0 Å². The van der Waals surface area contributed by atoms with Crippen LogP contribution in [0.25, 0.3) is 0 Å². The Bertz CT molecular complexity index is 625. The first-order valence-electron chi connectivity index (χ1n) is 6.83. The Morgan fingerprint density at radius 2 is 1.71 bits per heavy atom. The molecule has 0 aliphatic heterocycles. The van der Waals surface area contributed by atoms with E-state index >= 15 is 0 Å². The number of phenolic OH excluding ortho intramolecular Hbond substituents is 1. The fourth-order valence-electron chi connectivity index (χ4n) is 2.27. The topological polar surface area (TPSA) is 50.7 Å². The first-order valence-corrected chi connectivity index (χ1v) is 6.83. The number of methoxy groups -OCH3 is 2. The fourth-order valence-corrected chi connectivity index (χ4v) is 2.27. The highest BCUT2D eigenvalue weighted by Crippen LogP contribution is 2.30. The van der Waals surface area contributed by atoms with Gasteiger partial charge in [0.15, 0.2) is 11.5 Å². The fraction of sp³-hybridized carbons (Fsp3) is 0.294. The molecule has 2 aromatic carbocycles. The van der Waals surface area contributed by atoms with Gasteiger partial charge in [-0.2, -0.15) is 0 Å². The molecule has 0 bridgehead atoms. The van der Waals surface area contributed by atoms with Gasteiger partial charge in [-0.25, -0.2) is 0 Å². The van der Waals surface area contributed by atoms with Crippen molar-refractivity contribution in [3.8, 4) is 17.2 Å². The van der Waals surface area contributed by atoms with Gasteiger partial charge < -0.3 is 19.9 Å². The van der Waals surface area contributed by atoms with E-state index in [0.717, 1.165) is 22.6 Å². The zero-order valence-corrected chi connectivity index (χ0v) is 12.8. The number of ether oxygens (including phenoxy) is 2. The van der Waals surface area contributed by atoms with E-state index < -0.39 is 0 Å². The zero-order chi connectivity index (χ0) is 15.4. The van der Waals surface area contributed by atoms with Crippen LogP contribution in [0.2, 0.25) is 0 Å². The Labute approximate surface area is 125 Å². The van der Waals surface area contributed by atoms with Crippen molar-refractivity contribution in [3.63, 3.8) is 0 Å². The third-order valence-electron chi connectivity index (χ3n) is 3.48. The minimum atomic E-state index is 0.0901. The Hall–Kier alpha value is -2.36. The van der Waals surface area contributed by atoms with Crippen LogP contribution >= 0.6 is 0 Å².